The predicted molar refractivity (Wildman–Crippen MR) is 124 cm³/mol. The number of alkyl halides is 3. The molecule has 0 fully saturated rings. The zero-order chi connectivity index (χ0) is 24.9. The molecule has 0 saturated carbocycles. The Bertz CT molecular complexity index is 1140. The van der Waals surface area contributed by atoms with Gasteiger partial charge < -0.3 is 24.4 Å². The number of likely N-dealkylation sites (N-methyl/N-ethyl adjacent to an activating group) is 1. The fourth-order valence-electron chi connectivity index (χ4n) is 3.05. The predicted octanol–water partition coefficient (Wildman–Crippen LogP) is 4.49. The number of fused-ring (bicyclic) bond motifs is 1. The molecule has 2 aromatic carbocycles. The van der Waals surface area contributed by atoms with Gasteiger partial charge in [0.25, 0.3) is 0 Å². The molecule has 0 unspecified atom stereocenters. The van der Waals surface area contributed by atoms with E-state index in [0.717, 1.165) is 16.9 Å². The van der Waals surface area contributed by atoms with Crippen molar-refractivity contribution in [2.24, 2.45) is 0 Å². The number of nitrogens with one attached hydrogen (secondary N) is 1. The summed E-state index contributed by atoms with van der Waals surface area (Å²) < 4.78 is 52.7. The van der Waals surface area contributed by atoms with Crippen LogP contribution in [-0.4, -0.2) is 63.7 Å². The molecule has 0 aliphatic heterocycles. The van der Waals surface area contributed by atoms with Gasteiger partial charge in [0.05, 0.1) is 24.4 Å². The topological polar surface area (TPSA) is 76.2 Å². The minimum atomic E-state index is -4.79. The molecular weight excluding hydrogens is 473 g/mol. The standard InChI is InChI=1S/C22H25F3N4O4S/c1-28(2)9-10-29(20(30)26-13-14-5-8-17(31-3)18(11-14)32-4)21-27-16-7-6-15(12-19(16)34-21)33-22(23,24)25/h5-8,11-12H,9-10,13H2,1-4H3,(H,26,30). The lowest BCUT2D eigenvalue weighted by Gasteiger charge is -2.22. The van der Waals surface area contributed by atoms with Gasteiger partial charge in [-0.25, -0.2) is 9.78 Å². The van der Waals surface area contributed by atoms with Gasteiger partial charge in [0.15, 0.2) is 16.6 Å². The van der Waals surface area contributed by atoms with Crippen LogP contribution >= 0.6 is 11.3 Å². The first-order valence-electron chi connectivity index (χ1n) is 10.2. The van der Waals surface area contributed by atoms with Crippen molar-refractivity contribution in [1.29, 1.82) is 0 Å². The highest BCUT2D eigenvalue weighted by molar-refractivity contribution is 7.22. The summed E-state index contributed by atoms with van der Waals surface area (Å²) in [6.45, 7) is 1.12. The monoisotopic (exact) mass is 498 g/mol. The number of halogens is 3. The van der Waals surface area contributed by atoms with Crippen molar-refractivity contribution in [2.45, 2.75) is 12.9 Å². The van der Waals surface area contributed by atoms with Crippen LogP contribution in [0.5, 0.6) is 17.2 Å². The summed E-state index contributed by atoms with van der Waals surface area (Å²) >= 11 is 1.11. The third-order valence-corrected chi connectivity index (χ3v) is 5.76. The Kier molecular flexibility index (Phi) is 8.05. The van der Waals surface area contributed by atoms with E-state index in [-0.39, 0.29) is 18.3 Å². The Morgan fingerprint density at radius 1 is 1.06 bits per heavy atom. The Hall–Kier alpha value is -3.25. The second-order valence-corrected chi connectivity index (χ2v) is 8.49. The van der Waals surface area contributed by atoms with Gasteiger partial charge in [0.2, 0.25) is 0 Å². The van der Waals surface area contributed by atoms with Crippen molar-refractivity contribution in [3.05, 3.63) is 42.0 Å². The highest BCUT2D eigenvalue weighted by atomic mass is 32.1. The van der Waals surface area contributed by atoms with E-state index >= 15 is 0 Å². The Morgan fingerprint density at radius 2 is 1.79 bits per heavy atom. The number of hydrogen-bond acceptors (Lipinski definition) is 7. The summed E-state index contributed by atoms with van der Waals surface area (Å²) in [5.74, 6) is 0.781. The van der Waals surface area contributed by atoms with Crippen LogP contribution in [0, 0.1) is 0 Å². The lowest BCUT2D eigenvalue weighted by molar-refractivity contribution is -0.274. The van der Waals surface area contributed by atoms with Crippen LogP contribution in [0.2, 0.25) is 0 Å². The minimum Gasteiger partial charge on any atom is -0.493 e. The third kappa shape index (κ3) is 6.64. The van der Waals surface area contributed by atoms with E-state index in [4.69, 9.17) is 9.47 Å². The van der Waals surface area contributed by atoms with Gasteiger partial charge in [-0.2, -0.15) is 0 Å². The lowest BCUT2D eigenvalue weighted by atomic mass is 10.2. The van der Waals surface area contributed by atoms with E-state index in [1.807, 2.05) is 25.1 Å². The van der Waals surface area contributed by atoms with Gasteiger partial charge in [-0.05, 0) is 43.9 Å². The number of rotatable bonds is 9. The number of methoxy groups -OCH3 is 2. The van der Waals surface area contributed by atoms with Crippen molar-refractivity contribution >= 4 is 32.7 Å². The zero-order valence-electron chi connectivity index (χ0n) is 19.1. The molecule has 0 saturated heterocycles. The highest BCUT2D eigenvalue weighted by Crippen LogP contribution is 2.33. The number of thiazole rings is 1. The molecule has 12 heteroatoms. The number of anilines is 1. The van der Waals surface area contributed by atoms with E-state index in [1.165, 1.54) is 37.3 Å². The molecule has 184 valence electrons. The first-order valence-corrected chi connectivity index (χ1v) is 11.0. The molecule has 8 nitrogen and oxygen atoms in total. The molecule has 0 radical (unpaired) electrons. The quantitative estimate of drug-likeness (QED) is 0.469. The van der Waals surface area contributed by atoms with Crippen LogP contribution in [0.3, 0.4) is 0 Å². The first-order chi connectivity index (χ1) is 16.1. The van der Waals surface area contributed by atoms with Gasteiger partial charge in [0, 0.05) is 25.7 Å². The minimum absolute atomic E-state index is 0.228. The van der Waals surface area contributed by atoms with E-state index < -0.39 is 6.36 Å². The summed E-state index contributed by atoms with van der Waals surface area (Å²) in [6, 6.07) is 8.83. The van der Waals surface area contributed by atoms with Crippen LogP contribution in [-0.2, 0) is 6.54 Å². The smallest absolute Gasteiger partial charge is 0.493 e. The summed E-state index contributed by atoms with van der Waals surface area (Å²) in [5, 5.41) is 3.23. The number of carbonyl (C=O) groups excluding carboxylic acids is 1. The largest absolute Gasteiger partial charge is 0.573 e. The number of hydrogen-bond donors (Lipinski definition) is 1. The SMILES string of the molecule is COc1ccc(CNC(=O)N(CCN(C)C)c2nc3ccc(OC(F)(F)F)cc3s2)cc1OC. The van der Waals surface area contributed by atoms with Crippen LogP contribution in [0.25, 0.3) is 10.2 Å². The van der Waals surface area contributed by atoms with E-state index in [0.29, 0.717) is 39.9 Å². The maximum atomic E-state index is 13.1. The normalized spacial score (nSPS) is 11.5. The van der Waals surface area contributed by atoms with Gasteiger partial charge in [-0.3, -0.25) is 4.90 Å². The molecule has 1 heterocycles. The maximum Gasteiger partial charge on any atom is 0.573 e. The summed E-state index contributed by atoms with van der Waals surface area (Å²) in [7, 11) is 6.82. The number of carbonyl (C=O) groups is 1. The molecule has 3 rings (SSSR count). The molecule has 0 aliphatic carbocycles. The molecule has 0 atom stereocenters. The second-order valence-electron chi connectivity index (χ2n) is 7.48. The van der Waals surface area contributed by atoms with E-state index in [1.54, 1.807) is 12.1 Å². The summed E-state index contributed by atoms with van der Waals surface area (Å²) in [6.07, 6.45) is -4.79. The van der Waals surface area contributed by atoms with Gasteiger partial charge in [-0.1, -0.05) is 17.4 Å². The summed E-state index contributed by atoms with van der Waals surface area (Å²) in [4.78, 5) is 20.9. The maximum absolute atomic E-state index is 13.1. The van der Waals surface area contributed by atoms with Gasteiger partial charge in [0.1, 0.15) is 5.75 Å². The summed E-state index contributed by atoms with van der Waals surface area (Å²) in [5.41, 5.74) is 1.27. The molecule has 34 heavy (non-hydrogen) atoms. The van der Waals surface area contributed by atoms with Gasteiger partial charge in [-0.15, -0.1) is 13.2 Å². The molecule has 0 aliphatic rings. The molecule has 1 aromatic heterocycles. The highest BCUT2D eigenvalue weighted by Gasteiger charge is 2.31. The van der Waals surface area contributed by atoms with Crippen molar-refractivity contribution in [1.82, 2.24) is 15.2 Å². The molecule has 0 spiro atoms. The van der Waals surface area contributed by atoms with Crippen molar-refractivity contribution in [3.63, 3.8) is 0 Å². The van der Waals surface area contributed by atoms with Crippen molar-refractivity contribution in [2.75, 3.05) is 46.3 Å². The number of benzene rings is 2. The van der Waals surface area contributed by atoms with Crippen LogP contribution in [0.1, 0.15) is 5.56 Å². The Labute approximate surface area is 198 Å². The number of aromatic nitrogens is 1. The molecule has 2 amide bonds. The average molecular weight is 499 g/mol. The van der Waals surface area contributed by atoms with Crippen molar-refractivity contribution in [3.8, 4) is 17.2 Å². The Balaban J connectivity index is 1.80. The number of nitrogens with zero attached hydrogens (tertiary/aromatic N) is 3. The third-order valence-electron chi connectivity index (χ3n) is 4.72. The zero-order valence-corrected chi connectivity index (χ0v) is 19.9. The number of ether oxygens (including phenoxy) is 3. The van der Waals surface area contributed by atoms with Crippen molar-refractivity contribution < 1.29 is 32.2 Å². The molecule has 3 aromatic rings. The first kappa shape index (κ1) is 25.4. The van der Waals surface area contributed by atoms with Crippen LogP contribution in [0.15, 0.2) is 36.4 Å². The van der Waals surface area contributed by atoms with E-state index in [2.05, 4.69) is 15.0 Å². The average Bonchev–Trinajstić information content (AvgIpc) is 3.19. The lowest BCUT2D eigenvalue weighted by Crippen LogP contribution is -2.43. The Morgan fingerprint density at radius 3 is 2.44 bits per heavy atom. The second kappa shape index (κ2) is 10.8. The molecular formula is C22H25F3N4O4S. The molecule has 1 N–H and O–H groups in total. The molecule has 0 bridgehead atoms. The number of amides is 2. The fraction of sp³-hybridized carbons (Fsp3) is 0.364. The number of urea groups is 1. The fourth-order valence-corrected chi connectivity index (χ4v) is 4.07. The van der Waals surface area contributed by atoms with Crippen LogP contribution in [0.4, 0.5) is 23.1 Å². The van der Waals surface area contributed by atoms with E-state index in [9.17, 15) is 18.0 Å². The van der Waals surface area contributed by atoms with Crippen LogP contribution < -0.4 is 24.4 Å². The van der Waals surface area contributed by atoms with Gasteiger partial charge >= 0.3 is 12.4 Å².